The van der Waals surface area contributed by atoms with Gasteiger partial charge in [-0.2, -0.15) is 0 Å². The van der Waals surface area contributed by atoms with E-state index in [1.165, 1.54) is 54.6 Å². The smallest absolute Gasteiger partial charge is 0.295 e. The molecule has 31 heavy (non-hydrogen) atoms. The van der Waals surface area contributed by atoms with E-state index >= 15 is 0 Å². The minimum absolute atomic E-state index is 0.0208. The first kappa shape index (κ1) is 20.4. The molecule has 1 unspecified atom stereocenters. The number of hydrogen-bond donors (Lipinski definition) is 1. The number of benzene rings is 3. The third-order valence-electron chi connectivity index (χ3n) is 5.12. The Morgan fingerprint density at radius 2 is 1.42 bits per heavy atom. The molecule has 7 heteroatoms. The fourth-order valence-electron chi connectivity index (χ4n) is 3.61. The van der Waals surface area contributed by atoms with Crippen LogP contribution in [0.3, 0.4) is 0 Å². The largest absolute Gasteiger partial charge is 0.507 e. The molecule has 3 aromatic carbocycles. The van der Waals surface area contributed by atoms with Gasteiger partial charge in [0.25, 0.3) is 11.7 Å². The van der Waals surface area contributed by atoms with Crippen LogP contribution in [-0.4, -0.2) is 21.7 Å². The van der Waals surface area contributed by atoms with Gasteiger partial charge in [0.15, 0.2) is 0 Å². The Morgan fingerprint density at radius 1 is 0.839 bits per heavy atom. The van der Waals surface area contributed by atoms with Crippen molar-refractivity contribution in [3.05, 3.63) is 113 Å². The Kier molecular flexibility index (Phi) is 5.33. The average Bonchev–Trinajstić information content (AvgIpc) is 3.00. The van der Waals surface area contributed by atoms with Gasteiger partial charge in [-0.15, -0.1) is 0 Å². The normalized spacial score (nSPS) is 17.9. The van der Waals surface area contributed by atoms with Crippen molar-refractivity contribution >= 4 is 17.4 Å². The highest BCUT2D eigenvalue weighted by Gasteiger charge is 2.46. The summed E-state index contributed by atoms with van der Waals surface area (Å²) in [4.78, 5) is 26.8. The summed E-state index contributed by atoms with van der Waals surface area (Å²) in [5.74, 6) is -4.12. The van der Waals surface area contributed by atoms with Crippen LogP contribution >= 0.6 is 0 Å². The molecule has 156 valence electrons. The molecule has 1 heterocycles. The van der Waals surface area contributed by atoms with Crippen LogP contribution < -0.4 is 0 Å². The number of carbonyl (C=O) groups excluding carboxylic acids is 2. The van der Waals surface area contributed by atoms with Gasteiger partial charge in [-0.05, 0) is 48.0 Å². The lowest BCUT2D eigenvalue weighted by atomic mass is 9.94. The van der Waals surface area contributed by atoms with Crippen LogP contribution in [0.1, 0.15) is 22.7 Å². The third-order valence-corrected chi connectivity index (χ3v) is 5.12. The van der Waals surface area contributed by atoms with Gasteiger partial charge >= 0.3 is 0 Å². The summed E-state index contributed by atoms with van der Waals surface area (Å²) >= 11 is 0. The number of aliphatic hydroxyl groups is 1. The molecule has 1 atom stereocenters. The molecule has 0 saturated carbocycles. The van der Waals surface area contributed by atoms with Crippen molar-refractivity contribution in [1.29, 1.82) is 0 Å². The topological polar surface area (TPSA) is 57.6 Å². The van der Waals surface area contributed by atoms with E-state index in [2.05, 4.69) is 0 Å². The van der Waals surface area contributed by atoms with Crippen molar-refractivity contribution in [1.82, 2.24) is 4.90 Å². The maximum absolute atomic E-state index is 14.7. The molecule has 1 aliphatic rings. The number of nitrogens with zero attached hydrogens (tertiary/aromatic N) is 1. The molecule has 1 N–H and O–H groups in total. The van der Waals surface area contributed by atoms with E-state index < -0.39 is 40.9 Å². The molecule has 0 radical (unpaired) electrons. The number of rotatable bonds is 4. The monoisotopic (exact) mass is 423 g/mol. The molecule has 1 fully saturated rings. The fourth-order valence-corrected chi connectivity index (χ4v) is 3.61. The molecule has 4 nitrogen and oxygen atoms in total. The van der Waals surface area contributed by atoms with Crippen molar-refractivity contribution in [3.8, 4) is 0 Å². The van der Waals surface area contributed by atoms with Gasteiger partial charge in [0.05, 0.1) is 11.6 Å². The average molecular weight is 423 g/mol. The summed E-state index contributed by atoms with van der Waals surface area (Å²) in [6.45, 7) is -0.107. The Hall–Kier alpha value is -3.87. The van der Waals surface area contributed by atoms with Crippen LogP contribution in [0.2, 0.25) is 0 Å². The zero-order valence-electron chi connectivity index (χ0n) is 16.1. The van der Waals surface area contributed by atoms with Crippen molar-refractivity contribution in [2.75, 3.05) is 0 Å². The van der Waals surface area contributed by atoms with Gasteiger partial charge in [0.2, 0.25) is 0 Å². The van der Waals surface area contributed by atoms with E-state index in [0.717, 1.165) is 17.0 Å². The minimum Gasteiger partial charge on any atom is -0.507 e. The molecule has 0 aromatic heterocycles. The summed E-state index contributed by atoms with van der Waals surface area (Å²) < 4.78 is 41.3. The second kappa shape index (κ2) is 8.10. The number of carbonyl (C=O) groups is 2. The third kappa shape index (κ3) is 3.82. The molecule has 0 spiro atoms. The van der Waals surface area contributed by atoms with Crippen LogP contribution in [0.15, 0.2) is 78.4 Å². The Balaban J connectivity index is 1.87. The predicted octanol–water partition coefficient (Wildman–Crippen LogP) is 4.73. The predicted molar refractivity (Wildman–Crippen MR) is 107 cm³/mol. The highest BCUT2D eigenvalue weighted by Crippen LogP contribution is 2.41. The van der Waals surface area contributed by atoms with E-state index in [1.54, 1.807) is 6.07 Å². The Bertz CT molecular complexity index is 1190. The molecule has 0 bridgehead atoms. The van der Waals surface area contributed by atoms with Crippen molar-refractivity contribution in [3.63, 3.8) is 0 Å². The van der Waals surface area contributed by atoms with Gasteiger partial charge in [-0.25, -0.2) is 13.2 Å². The van der Waals surface area contributed by atoms with Gasteiger partial charge in [-0.1, -0.05) is 30.3 Å². The molecule has 0 aliphatic carbocycles. The second-order valence-corrected chi connectivity index (χ2v) is 7.08. The number of Topliss-reactive ketones (excluding diaryl/α,β-unsaturated/α-hetero) is 1. The van der Waals surface area contributed by atoms with Crippen molar-refractivity contribution in [2.24, 2.45) is 0 Å². The number of aliphatic hydroxyl groups excluding tert-OH is 1. The summed E-state index contributed by atoms with van der Waals surface area (Å²) in [7, 11) is 0. The number of ketones is 1. The Labute approximate surface area is 175 Å². The molecular weight excluding hydrogens is 407 g/mol. The standard InChI is InChI=1S/C24H16F3NO3/c25-16-9-5-14(6-10-16)13-28-21(18-3-1-2-4-19(18)27)20(23(30)24(28)31)22(29)15-7-11-17(26)12-8-15/h1-12,21,29H,13H2/b22-20-. The number of hydrogen-bond acceptors (Lipinski definition) is 3. The van der Waals surface area contributed by atoms with Gasteiger partial charge < -0.3 is 10.0 Å². The maximum atomic E-state index is 14.7. The lowest BCUT2D eigenvalue weighted by Crippen LogP contribution is -2.29. The van der Waals surface area contributed by atoms with Crippen molar-refractivity contribution < 1.29 is 27.9 Å². The first-order valence-corrected chi connectivity index (χ1v) is 9.40. The second-order valence-electron chi connectivity index (χ2n) is 7.08. The lowest BCUT2D eigenvalue weighted by Gasteiger charge is -2.25. The van der Waals surface area contributed by atoms with E-state index in [1.807, 2.05) is 0 Å². The Morgan fingerprint density at radius 3 is 2.03 bits per heavy atom. The van der Waals surface area contributed by atoms with Gasteiger partial charge in [-0.3, -0.25) is 9.59 Å². The number of amides is 1. The molecule has 1 aliphatic heterocycles. The lowest BCUT2D eigenvalue weighted by molar-refractivity contribution is -0.140. The molecule has 4 rings (SSSR count). The SMILES string of the molecule is O=C1C(=O)N(Cc2ccc(F)cc2)C(c2ccccc2F)/C1=C(/O)c1ccc(F)cc1. The zero-order valence-corrected chi connectivity index (χ0v) is 16.1. The van der Waals surface area contributed by atoms with E-state index in [-0.39, 0.29) is 23.2 Å². The highest BCUT2D eigenvalue weighted by molar-refractivity contribution is 6.46. The summed E-state index contributed by atoms with van der Waals surface area (Å²) in [6, 6.07) is 14.4. The molecule has 3 aromatic rings. The number of likely N-dealkylation sites (tertiary alicyclic amines) is 1. The molecule has 1 saturated heterocycles. The van der Waals surface area contributed by atoms with Gasteiger partial charge in [0, 0.05) is 17.7 Å². The van der Waals surface area contributed by atoms with E-state index in [9.17, 15) is 27.9 Å². The molecule has 1 amide bonds. The summed E-state index contributed by atoms with van der Waals surface area (Å²) in [5, 5.41) is 10.8. The van der Waals surface area contributed by atoms with Crippen LogP contribution in [0.4, 0.5) is 13.2 Å². The fraction of sp³-hybridized carbons (Fsp3) is 0.0833. The van der Waals surface area contributed by atoms with E-state index in [4.69, 9.17) is 0 Å². The maximum Gasteiger partial charge on any atom is 0.295 e. The highest BCUT2D eigenvalue weighted by atomic mass is 19.1. The van der Waals surface area contributed by atoms with E-state index in [0.29, 0.717) is 5.56 Å². The number of halogens is 3. The minimum atomic E-state index is -1.21. The zero-order chi connectivity index (χ0) is 22.1. The summed E-state index contributed by atoms with van der Waals surface area (Å²) in [6.07, 6.45) is 0. The first-order valence-electron chi connectivity index (χ1n) is 9.40. The van der Waals surface area contributed by atoms with Crippen LogP contribution in [0, 0.1) is 17.5 Å². The quantitative estimate of drug-likeness (QED) is 0.375. The van der Waals surface area contributed by atoms with Crippen LogP contribution in [0.5, 0.6) is 0 Å². The molecular formula is C24H16F3NO3. The van der Waals surface area contributed by atoms with Crippen LogP contribution in [0.25, 0.3) is 5.76 Å². The summed E-state index contributed by atoms with van der Waals surface area (Å²) in [5.41, 5.74) is 0.352. The van der Waals surface area contributed by atoms with Crippen LogP contribution in [-0.2, 0) is 16.1 Å². The van der Waals surface area contributed by atoms with Gasteiger partial charge in [0.1, 0.15) is 23.2 Å². The van der Waals surface area contributed by atoms with Crippen molar-refractivity contribution in [2.45, 2.75) is 12.6 Å². The first-order chi connectivity index (χ1) is 14.9.